The van der Waals surface area contributed by atoms with Crippen molar-refractivity contribution >= 4 is 5.91 Å². The number of carbonyl (C=O) groups excluding carboxylic acids is 1. The molecule has 1 aliphatic rings. The summed E-state index contributed by atoms with van der Waals surface area (Å²) in [4.78, 5) is 14.2. The average Bonchev–Trinajstić information content (AvgIpc) is 2.35. The molecule has 1 atom stereocenters. The number of likely N-dealkylation sites (tertiary alicyclic amines) is 1. The van der Waals surface area contributed by atoms with Crippen molar-refractivity contribution in [1.82, 2.24) is 10.2 Å². The van der Waals surface area contributed by atoms with Crippen LogP contribution in [0.3, 0.4) is 0 Å². The molecule has 0 aromatic heterocycles. The number of hydrogen-bond donors (Lipinski definition) is 2. The summed E-state index contributed by atoms with van der Waals surface area (Å²) in [6.45, 7) is 10.8. The minimum Gasteiger partial charge on any atom is -0.355 e. The van der Waals surface area contributed by atoms with Crippen molar-refractivity contribution in [2.75, 3.05) is 26.2 Å². The van der Waals surface area contributed by atoms with Gasteiger partial charge in [0.1, 0.15) is 0 Å². The van der Waals surface area contributed by atoms with Crippen LogP contribution in [0, 0.1) is 11.8 Å². The number of nitrogens with two attached hydrogens (primary N) is 1. The number of hydrogen-bond acceptors (Lipinski definition) is 3. The highest BCUT2D eigenvalue weighted by Crippen LogP contribution is 2.15. The van der Waals surface area contributed by atoms with Crippen LogP contribution in [0.5, 0.6) is 0 Å². The first-order chi connectivity index (χ1) is 8.99. The van der Waals surface area contributed by atoms with Crippen molar-refractivity contribution in [3.05, 3.63) is 0 Å². The molecule has 1 unspecified atom stereocenters. The Morgan fingerprint density at radius 3 is 2.58 bits per heavy atom. The zero-order chi connectivity index (χ0) is 14.3. The monoisotopic (exact) mass is 269 g/mol. The van der Waals surface area contributed by atoms with Gasteiger partial charge >= 0.3 is 0 Å². The highest BCUT2D eigenvalue weighted by Gasteiger charge is 2.16. The van der Waals surface area contributed by atoms with E-state index in [0.29, 0.717) is 5.92 Å². The molecule has 4 nitrogen and oxygen atoms in total. The summed E-state index contributed by atoms with van der Waals surface area (Å²) < 4.78 is 0. The van der Waals surface area contributed by atoms with Gasteiger partial charge in [0.2, 0.25) is 5.91 Å². The lowest BCUT2D eigenvalue weighted by Gasteiger charge is -2.30. The van der Waals surface area contributed by atoms with Crippen LogP contribution in [0.25, 0.3) is 0 Å². The van der Waals surface area contributed by atoms with Gasteiger partial charge < -0.3 is 16.0 Å². The van der Waals surface area contributed by atoms with E-state index in [4.69, 9.17) is 5.73 Å². The second-order valence-corrected chi connectivity index (χ2v) is 6.40. The van der Waals surface area contributed by atoms with E-state index in [0.717, 1.165) is 31.8 Å². The molecule has 0 aromatic carbocycles. The summed E-state index contributed by atoms with van der Waals surface area (Å²) in [5.74, 6) is 1.35. The van der Waals surface area contributed by atoms with Crippen LogP contribution < -0.4 is 11.1 Å². The number of nitrogens with zero attached hydrogens (tertiary/aromatic N) is 1. The maximum Gasteiger partial charge on any atom is 0.236 e. The van der Waals surface area contributed by atoms with Gasteiger partial charge in [0.05, 0.1) is 6.04 Å². The van der Waals surface area contributed by atoms with E-state index in [9.17, 15) is 4.79 Å². The molecule has 1 amide bonds. The molecule has 1 fully saturated rings. The second-order valence-electron chi connectivity index (χ2n) is 6.40. The van der Waals surface area contributed by atoms with E-state index >= 15 is 0 Å². The molecule has 0 aliphatic carbocycles. The molecular formula is C15H31N3O. The Kier molecular flexibility index (Phi) is 7.39. The molecule has 112 valence electrons. The molecule has 0 saturated carbocycles. The number of piperidine rings is 1. The van der Waals surface area contributed by atoms with Gasteiger partial charge in [-0.1, -0.05) is 20.8 Å². The van der Waals surface area contributed by atoms with Crippen LogP contribution in [-0.2, 0) is 4.79 Å². The Morgan fingerprint density at radius 2 is 2.00 bits per heavy atom. The van der Waals surface area contributed by atoms with Crippen molar-refractivity contribution in [1.29, 1.82) is 0 Å². The van der Waals surface area contributed by atoms with Crippen molar-refractivity contribution in [2.24, 2.45) is 17.6 Å². The van der Waals surface area contributed by atoms with E-state index < -0.39 is 0 Å². The summed E-state index contributed by atoms with van der Waals surface area (Å²) in [6, 6.07) is -0.351. The number of amides is 1. The first-order valence-electron chi connectivity index (χ1n) is 7.74. The van der Waals surface area contributed by atoms with Crippen LogP contribution in [0.1, 0.15) is 46.5 Å². The van der Waals surface area contributed by atoms with Gasteiger partial charge in [0.25, 0.3) is 0 Å². The third-order valence-corrected chi connectivity index (χ3v) is 3.89. The lowest BCUT2D eigenvalue weighted by molar-refractivity contribution is -0.122. The Hall–Kier alpha value is -0.610. The van der Waals surface area contributed by atoms with Gasteiger partial charge in [-0.25, -0.2) is 0 Å². The number of carbonyl (C=O) groups is 1. The molecule has 0 aromatic rings. The molecule has 0 bridgehead atoms. The van der Waals surface area contributed by atoms with Crippen LogP contribution >= 0.6 is 0 Å². The van der Waals surface area contributed by atoms with E-state index in [2.05, 4.69) is 31.0 Å². The summed E-state index contributed by atoms with van der Waals surface area (Å²) in [5.41, 5.74) is 5.84. The first kappa shape index (κ1) is 16.4. The molecule has 1 rings (SSSR count). The zero-order valence-corrected chi connectivity index (χ0v) is 12.8. The van der Waals surface area contributed by atoms with E-state index in [1.54, 1.807) is 0 Å². The Balaban J connectivity index is 2.05. The number of nitrogens with one attached hydrogen (secondary N) is 1. The third kappa shape index (κ3) is 6.92. The predicted octanol–water partition coefficient (Wildman–Crippen LogP) is 1.60. The smallest absolute Gasteiger partial charge is 0.236 e. The van der Waals surface area contributed by atoms with Crippen molar-refractivity contribution in [3.63, 3.8) is 0 Å². The molecule has 1 saturated heterocycles. The summed E-state index contributed by atoms with van der Waals surface area (Å²) in [5, 5.41) is 2.95. The van der Waals surface area contributed by atoms with Gasteiger partial charge in [-0.3, -0.25) is 4.79 Å². The minimum absolute atomic E-state index is 0.000895. The van der Waals surface area contributed by atoms with Crippen LogP contribution in [-0.4, -0.2) is 43.0 Å². The van der Waals surface area contributed by atoms with Gasteiger partial charge in [-0.15, -0.1) is 0 Å². The molecule has 3 N–H and O–H groups in total. The highest BCUT2D eigenvalue weighted by atomic mass is 16.2. The Morgan fingerprint density at radius 1 is 1.37 bits per heavy atom. The minimum atomic E-state index is -0.351. The largest absolute Gasteiger partial charge is 0.355 e. The molecule has 19 heavy (non-hydrogen) atoms. The maximum atomic E-state index is 11.7. The topological polar surface area (TPSA) is 58.4 Å². The highest BCUT2D eigenvalue weighted by molar-refractivity contribution is 5.81. The van der Waals surface area contributed by atoms with E-state index in [1.165, 1.54) is 25.9 Å². The normalized spacial score (nSPS) is 19.6. The van der Waals surface area contributed by atoms with Gasteiger partial charge in [0.15, 0.2) is 0 Å². The quantitative estimate of drug-likeness (QED) is 0.690. The standard InChI is InChI=1S/C15H31N3O/c1-12(2)11-14(16)15(19)17-7-4-8-18-9-5-13(3)6-10-18/h12-14H,4-11,16H2,1-3H3,(H,17,19). The predicted molar refractivity (Wildman–Crippen MR) is 79.9 cm³/mol. The first-order valence-corrected chi connectivity index (χ1v) is 7.74. The van der Waals surface area contributed by atoms with Crippen LogP contribution in [0.2, 0.25) is 0 Å². The van der Waals surface area contributed by atoms with Crippen molar-refractivity contribution in [2.45, 2.75) is 52.5 Å². The van der Waals surface area contributed by atoms with Crippen LogP contribution in [0.4, 0.5) is 0 Å². The fourth-order valence-electron chi connectivity index (χ4n) is 2.55. The molecule has 0 radical (unpaired) electrons. The Labute approximate surface area is 118 Å². The SMILES string of the molecule is CC(C)CC(N)C(=O)NCCCN1CCC(C)CC1. The van der Waals surface area contributed by atoms with Gasteiger partial charge in [0, 0.05) is 6.54 Å². The molecule has 1 aliphatic heterocycles. The van der Waals surface area contributed by atoms with Crippen LogP contribution in [0.15, 0.2) is 0 Å². The Bertz CT molecular complexity index is 260. The lowest BCUT2D eigenvalue weighted by atomic mass is 9.99. The fourth-order valence-corrected chi connectivity index (χ4v) is 2.55. The van der Waals surface area contributed by atoms with Gasteiger partial charge in [-0.2, -0.15) is 0 Å². The average molecular weight is 269 g/mol. The summed E-state index contributed by atoms with van der Waals surface area (Å²) in [7, 11) is 0. The third-order valence-electron chi connectivity index (χ3n) is 3.89. The van der Waals surface area contributed by atoms with E-state index in [1.807, 2.05) is 0 Å². The molecule has 4 heteroatoms. The summed E-state index contributed by atoms with van der Waals surface area (Å²) in [6.07, 6.45) is 4.40. The number of rotatable bonds is 7. The molecule has 0 spiro atoms. The van der Waals surface area contributed by atoms with Crippen molar-refractivity contribution < 1.29 is 4.79 Å². The van der Waals surface area contributed by atoms with Gasteiger partial charge in [-0.05, 0) is 57.2 Å². The molecular weight excluding hydrogens is 238 g/mol. The molecule has 1 heterocycles. The second kappa shape index (κ2) is 8.54. The summed E-state index contributed by atoms with van der Waals surface area (Å²) >= 11 is 0. The maximum absolute atomic E-state index is 11.7. The van der Waals surface area contributed by atoms with E-state index in [-0.39, 0.29) is 11.9 Å². The zero-order valence-electron chi connectivity index (χ0n) is 12.8. The fraction of sp³-hybridized carbons (Fsp3) is 0.933. The lowest BCUT2D eigenvalue weighted by Crippen LogP contribution is -2.42. The van der Waals surface area contributed by atoms with Crippen molar-refractivity contribution in [3.8, 4) is 0 Å².